The number of sulfone groups is 1. The Labute approximate surface area is 133 Å². The minimum Gasteiger partial charge on any atom is -0.326 e. The fraction of sp³-hybridized carbons (Fsp3) is 0.250. The zero-order valence-corrected chi connectivity index (χ0v) is 13.9. The van der Waals surface area contributed by atoms with Crippen molar-refractivity contribution in [2.45, 2.75) is 29.0 Å². The number of rotatable bonds is 3. The summed E-state index contributed by atoms with van der Waals surface area (Å²) < 4.78 is 26.3. The van der Waals surface area contributed by atoms with E-state index in [1.807, 2.05) is 43.3 Å². The van der Waals surface area contributed by atoms with Gasteiger partial charge in [-0.15, -0.1) is 0 Å². The molecule has 2 N–H and O–H groups in total. The fourth-order valence-electron chi connectivity index (χ4n) is 2.69. The standard InChI is InChI=1S/C16H16BrNO2S/c1-10-2-8-13(9-3-10)21(19,20)16-14(15(16)18)11-4-6-12(17)7-5-11/h2-9,14-16H,18H2,1H3/t14-,15-,16+/m0/s1. The number of nitrogens with two attached hydrogens (primary N) is 1. The van der Waals surface area contributed by atoms with E-state index in [0.29, 0.717) is 4.90 Å². The molecule has 1 aliphatic carbocycles. The van der Waals surface area contributed by atoms with Gasteiger partial charge in [0.1, 0.15) is 0 Å². The maximum atomic E-state index is 12.7. The molecule has 3 atom stereocenters. The molecule has 21 heavy (non-hydrogen) atoms. The van der Waals surface area contributed by atoms with E-state index >= 15 is 0 Å². The molecule has 1 aliphatic rings. The second-order valence-electron chi connectivity index (χ2n) is 5.48. The van der Waals surface area contributed by atoms with Crippen LogP contribution in [-0.2, 0) is 9.84 Å². The Bertz CT molecular complexity index is 754. The summed E-state index contributed by atoms with van der Waals surface area (Å²) in [5.41, 5.74) is 8.06. The molecular formula is C16H16BrNO2S. The third kappa shape index (κ3) is 2.65. The van der Waals surface area contributed by atoms with E-state index < -0.39 is 15.1 Å². The van der Waals surface area contributed by atoms with Crippen molar-refractivity contribution in [1.82, 2.24) is 0 Å². The topological polar surface area (TPSA) is 60.2 Å². The Morgan fingerprint density at radius 1 is 1.00 bits per heavy atom. The van der Waals surface area contributed by atoms with Crippen molar-refractivity contribution in [1.29, 1.82) is 0 Å². The molecule has 1 saturated carbocycles. The molecule has 2 aromatic carbocycles. The molecule has 0 amide bonds. The van der Waals surface area contributed by atoms with Crippen molar-refractivity contribution in [3.8, 4) is 0 Å². The molecule has 0 unspecified atom stereocenters. The van der Waals surface area contributed by atoms with Gasteiger partial charge in [-0.05, 0) is 36.8 Å². The Hall–Kier alpha value is -1.17. The summed E-state index contributed by atoms with van der Waals surface area (Å²) in [6, 6.07) is 14.3. The van der Waals surface area contributed by atoms with Gasteiger partial charge in [0.15, 0.2) is 9.84 Å². The van der Waals surface area contributed by atoms with Gasteiger partial charge < -0.3 is 5.73 Å². The van der Waals surface area contributed by atoms with Crippen LogP contribution in [0.15, 0.2) is 57.9 Å². The highest BCUT2D eigenvalue weighted by Crippen LogP contribution is 2.47. The molecule has 0 aliphatic heterocycles. The van der Waals surface area contributed by atoms with E-state index in [4.69, 9.17) is 5.73 Å². The number of hydrogen-bond acceptors (Lipinski definition) is 3. The molecule has 0 heterocycles. The van der Waals surface area contributed by atoms with Gasteiger partial charge in [0.2, 0.25) is 0 Å². The van der Waals surface area contributed by atoms with Gasteiger partial charge in [-0.25, -0.2) is 8.42 Å². The molecule has 0 saturated heterocycles. The lowest BCUT2D eigenvalue weighted by molar-refractivity contribution is 0.593. The van der Waals surface area contributed by atoms with Crippen molar-refractivity contribution >= 4 is 25.8 Å². The summed E-state index contributed by atoms with van der Waals surface area (Å²) in [7, 11) is -3.38. The summed E-state index contributed by atoms with van der Waals surface area (Å²) in [5.74, 6) is -0.121. The van der Waals surface area contributed by atoms with Crippen molar-refractivity contribution in [2.75, 3.05) is 0 Å². The lowest BCUT2D eigenvalue weighted by atomic mass is 10.1. The highest BCUT2D eigenvalue weighted by atomic mass is 79.9. The van der Waals surface area contributed by atoms with Crippen molar-refractivity contribution in [3.05, 3.63) is 64.1 Å². The van der Waals surface area contributed by atoms with Gasteiger partial charge in [-0.3, -0.25) is 0 Å². The third-order valence-corrected chi connectivity index (χ3v) is 6.75. The van der Waals surface area contributed by atoms with Crippen LogP contribution in [0.4, 0.5) is 0 Å². The van der Waals surface area contributed by atoms with Gasteiger partial charge in [-0.2, -0.15) is 0 Å². The molecule has 0 aromatic heterocycles. The van der Waals surface area contributed by atoms with E-state index in [2.05, 4.69) is 15.9 Å². The van der Waals surface area contributed by atoms with Crippen LogP contribution in [0.2, 0.25) is 0 Å². The lowest BCUT2D eigenvalue weighted by Gasteiger charge is -2.04. The minimum absolute atomic E-state index is 0.121. The van der Waals surface area contributed by atoms with E-state index in [0.717, 1.165) is 15.6 Å². The molecule has 0 bridgehead atoms. The number of aryl methyl sites for hydroxylation is 1. The molecule has 3 rings (SSSR count). The molecular weight excluding hydrogens is 350 g/mol. The first-order valence-corrected chi connectivity index (χ1v) is 9.07. The van der Waals surface area contributed by atoms with Gasteiger partial charge in [-0.1, -0.05) is 45.8 Å². The summed E-state index contributed by atoms with van der Waals surface area (Å²) in [6.07, 6.45) is 0. The Morgan fingerprint density at radius 2 is 1.57 bits per heavy atom. The minimum atomic E-state index is -3.38. The average molecular weight is 366 g/mol. The monoisotopic (exact) mass is 365 g/mol. The van der Waals surface area contributed by atoms with Crippen LogP contribution in [0.3, 0.4) is 0 Å². The van der Waals surface area contributed by atoms with Gasteiger partial charge >= 0.3 is 0 Å². The van der Waals surface area contributed by atoms with Crippen LogP contribution in [0.25, 0.3) is 0 Å². The zero-order chi connectivity index (χ0) is 15.2. The molecule has 2 aromatic rings. The Kier molecular flexibility index (Phi) is 3.67. The van der Waals surface area contributed by atoms with Gasteiger partial charge in [0.05, 0.1) is 10.1 Å². The fourth-order valence-corrected chi connectivity index (χ4v) is 5.00. The van der Waals surface area contributed by atoms with E-state index in [-0.39, 0.29) is 12.0 Å². The first-order valence-electron chi connectivity index (χ1n) is 6.73. The first-order chi connectivity index (χ1) is 9.91. The average Bonchev–Trinajstić information content (AvgIpc) is 3.12. The van der Waals surface area contributed by atoms with Crippen LogP contribution in [0, 0.1) is 6.92 Å². The highest BCUT2D eigenvalue weighted by Gasteiger charge is 2.57. The Balaban J connectivity index is 1.91. The van der Waals surface area contributed by atoms with E-state index in [1.165, 1.54) is 0 Å². The smallest absolute Gasteiger partial charge is 0.183 e. The number of benzene rings is 2. The lowest BCUT2D eigenvalue weighted by Crippen LogP contribution is -2.15. The summed E-state index contributed by atoms with van der Waals surface area (Å²) in [5, 5.41) is -0.526. The van der Waals surface area contributed by atoms with Crippen molar-refractivity contribution in [2.24, 2.45) is 5.73 Å². The Morgan fingerprint density at radius 3 is 2.14 bits per heavy atom. The highest BCUT2D eigenvalue weighted by molar-refractivity contribution is 9.10. The molecule has 0 radical (unpaired) electrons. The summed E-state index contributed by atoms with van der Waals surface area (Å²) >= 11 is 3.38. The molecule has 1 fully saturated rings. The first kappa shape index (κ1) is 14.8. The van der Waals surface area contributed by atoms with Crippen LogP contribution in [-0.4, -0.2) is 19.7 Å². The van der Waals surface area contributed by atoms with Crippen LogP contribution in [0.5, 0.6) is 0 Å². The van der Waals surface area contributed by atoms with Gasteiger partial charge in [0, 0.05) is 16.4 Å². The number of hydrogen-bond donors (Lipinski definition) is 1. The maximum absolute atomic E-state index is 12.7. The van der Waals surface area contributed by atoms with Crippen LogP contribution < -0.4 is 5.73 Å². The normalized spacial score (nSPS) is 24.8. The number of halogens is 1. The van der Waals surface area contributed by atoms with E-state index in [1.54, 1.807) is 12.1 Å². The second kappa shape index (κ2) is 5.23. The second-order valence-corrected chi connectivity index (χ2v) is 8.50. The molecule has 0 spiro atoms. The van der Waals surface area contributed by atoms with E-state index in [9.17, 15) is 8.42 Å². The summed E-state index contributed by atoms with van der Waals surface area (Å²) in [4.78, 5) is 0.355. The molecule has 5 heteroatoms. The zero-order valence-electron chi connectivity index (χ0n) is 11.5. The molecule has 3 nitrogen and oxygen atoms in total. The van der Waals surface area contributed by atoms with Gasteiger partial charge in [0.25, 0.3) is 0 Å². The SMILES string of the molecule is Cc1ccc(S(=O)(=O)[C@H]2[C@@H](N)[C@@H]2c2ccc(Br)cc2)cc1. The van der Waals surface area contributed by atoms with Crippen molar-refractivity contribution < 1.29 is 8.42 Å². The maximum Gasteiger partial charge on any atom is 0.183 e. The third-order valence-electron chi connectivity index (χ3n) is 3.97. The van der Waals surface area contributed by atoms with Crippen molar-refractivity contribution in [3.63, 3.8) is 0 Å². The van der Waals surface area contributed by atoms with Crippen LogP contribution in [0.1, 0.15) is 17.0 Å². The largest absolute Gasteiger partial charge is 0.326 e. The predicted octanol–water partition coefficient (Wildman–Crippen LogP) is 3.02. The quantitative estimate of drug-likeness (QED) is 0.909. The van der Waals surface area contributed by atoms with Crippen LogP contribution >= 0.6 is 15.9 Å². The summed E-state index contributed by atoms with van der Waals surface area (Å²) in [6.45, 7) is 1.93. The predicted molar refractivity (Wildman–Crippen MR) is 87.0 cm³/mol. The molecule has 110 valence electrons.